The maximum absolute atomic E-state index is 13.6. The Morgan fingerprint density at radius 1 is 1.21 bits per heavy atom. The van der Waals surface area contributed by atoms with Crippen molar-refractivity contribution in [2.75, 3.05) is 31.5 Å². The SMILES string of the molecule is O=C(CN1CCNCC1c1cccc(F)c1)Nc1ccccc1F. The molecule has 1 atom stereocenters. The van der Waals surface area contributed by atoms with E-state index in [1.54, 1.807) is 18.2 Å². The minimum Gasteiger partial charge on any atom is -0.322 e. The molecule has 0 spiro atoms. The van der Waals surface area contributed by atoms with Crippen molar-refractivity contribution in [3.63, 3.8) is 0 Å². The van der Waals surface area contributed by atoms with Crippen LogP contribution in [0.1, 0.15) is 11.6 Å². The molecule has 0 aromatic heterocycles. The number of nitrogens with zero attached hydrogens (tertiary/aromatic N) is 1. The summed E-state index contributed by atoms with van der Waals surface area (Å²) < 4.78 is 27.1. The van der Waals surface area contributed by atoms with Crippen LogP contribution in [0.4, 0.5) is 14.5 Å². The molecule has 0 radical (unpaired) electrons. The zero-order valence-corrected chi connectivity index (χ0v) is 13.1. The highest BCUT2D eigenvalue weighted by molar-refractivity contribution is 5.92. The molecule has 2 N–H and O–H groups in total. The Labute approximate surface area is 139 Å². The van der Waals surface area contributed by atoms with Crippen molar-refractivity contribution >= 4 is 11.6 Å². The van der Waals surface area contributed by atoms with Gasteiger partial charge in [0, 0.05) is 25.7 Å². The van der Waals surface area contributed by atoms with Gasteiger partial charge in [-0.15, -0.1) is 0 Å². The Hall–Kier alpha value is -2.31. The fourth-order valence-corrected chi connectivity index (χ4v) is 2.91. The van der Waals surface area contributed by atoms with Gasteiger partial charge >= 0.3 is 0 Å². The molecule has 0 bridgehead atoms. The molecule has 2 aromatic carbocycles. The van der Waals surface area contributed by atoms with Crippen LogP contribution in [0, 0.1) is 11.6 Å². The van der Waals surface area contributed by atoms with E-state index in [1.807, 2.05) is 11.0 Å². The van der Waals surface area contributed by atoms with Crippen LogP contribution in [-0.4, -0.2) is 37.0 Å². The topological polar surface area (TPSA) is 44.4 Å². The molecule has 24 heavy (non-hydrogen) atoms. The highest BCUT2D eigenvalue weighted by Gasteiger charge is 2.26. The van der Waals surface area contributed by atoms with E-state index in [2.05, 4.69) is 10.6 Å². The Kier molecular flexibility index (Phi) is 5.17. The summed E-state index contributed by atoms with van der Waals surface area (Å²) in [7, 11) is 0. The van der Waals surface area contributed by atoms with Crippen LogP contribution in [0.5, 0.6) is 0 Å². The highest BCUT2D eigenvalue weighted by Crippen LogP contribution is 2.23. The van der Waals surface area contributed by atoms with E-state index < -0.39 is 5.82 Å². The number of piperazine rings is 1. The van der Waals surface area contributed by atoms with E-state index in [9.17, 15) is 13.6 Å². The average Bonchev–Trinajstić information content (AvgIpc) is 2.57. The molecule has 4 nitrogen and oxygen atoms in total. The van der Waals surface area contributed by atoms with Crippen LogP contribution in [0.25, 0.3) is 0 Å². The molecule has 1 aliphatic heterocycles. The van der Waals surface area contributed by atoms with E-state index in [1.165, 1.54) is 24.3 Å². The maximum atomic E-state index is 13.6. The lowest BCUT2D eigenvalue weighted by Crippen LogP contribution is -2.48. The molecule has 1 amide bonds. The van der Waals surface area contributed by atoms with Gasteiger partial charge in [0.15, 0.2) is 0 Å². The highest BCUT2D eigenvalue weighted by atomic mass is 19.1. The first-order chi connectivity index (χ1) is 11.6. The lowest BCUT2D eigenvalue weighted by molar-refractivity contribution is -0.118. The standard InChI is InChI=1S/C18H19F2N3O/c19-14-5-3-4-13(10-14)17-11-21-8-9-23(17)12-18(24)22-16-7-2-1-6-15(16)20/h1-7,10,17,21H,8-9,11-12H2,(H,22,24). The number of para-hydroxylation sites is 1. The third kappa shape index (κ3) is 3.96. The summed E-state index contributed by atoms with van der Waals surface area (Å²) in [4.78, 5) is 14.2. The number of amides is 1. The summed E-state index contributed by atoms with van der Waals surface area (Å²) in [6, 6.07) is 12.4. The first-order valence-electron chi connectivity index (χ1n) is 7.88. The van der Waals surface area contributed by atoms with Crippen molar-refractivity contribution in [2.45, 2.75) is 6.04 Å². The van der Waals surface area contributed by atoms with Crippen molar-refractivity contribution in [1.29, 1.82) is 0 Å². The van der Waals surface area contributed by atoms with Crippen LogP contribution in [0.3, 0.4) is 0 Å². The molecule has 1 saturated heterocycles. The Bertz CT molecular complexity index is 723. The lowest BCUT2D eigenvalue weighted by atomic mass is 10.0. The second-order valence-corrected chi connectivity index (χ2v) is 5.77. The summed E-state index contributed by atoms with van der Waals surface area (Å²) in [5, 5.41) is 5.85. The fourth-order valence-electron chi connectivity index (χ4n) is 2.91. The molecule has 2 aromatic rings. The molecule has 0 saturated carbocycles. The third-order valence-corrected chi connectivity index (χ3v) is 4.08. The zero-order valence-electron chi connectivity index (χ0n) is 13.1. The van der Waals surface area contributed by atoms with Crippen molar-refractivity contribution in [3.05, 3.63) is 65.7 Å². The number of nitrogens with one attached hydrogen (secondary N) is 2. The molecule has 1 unspecified atom stereocenters. The first-order valence-corrected chi connectivity index (χ1v) is 7.88. The molecular formula is C18H19F2N3O. The van der Waals surface area contributed by atoms with E-state index in [-0.39, 0.29) is 30.0 Å². The number of halogens is 2. The molecule has 6 heteroatoms. The van der Waals surface area contributed by atoms with Crippen molar-refractivity contribution in [2.24, 2.45) is 0 Å². The quantitative estimate of drug-likeness (QED) is 0.905. The van der Waals surface area contributed by atoms with Crippen LogP contribution in [0.2, 0.25) is 0 Å². The molecule has 126 valence electrons. The predicted molar refractivity (Wildman–Crippen MR) is 88.6 cm³/mol. The molecule has 1 heterocycles. The maximum Gasteiger partial charge on any atom is 0.238 e. The van der Waals surface area contributed by atoms with Crippen LogP contribution < -0.4 is 10.6 Å². The molecule has 3 rings (SSSR count). The van der Waals surface area contributed by atoms with Gasteiger partial charge in [-0.05, 0) is 29.8 Å². The summed E-state index contributed by atoms with van der Waals surface area (Å²) in [5.41, 5.74) is 0.987. The van der Waals surface area contributed by atoms with Crippen LogP contribution in [-0.2, 0) is 4.79 Å². The number of hydrogen-bond donors (Lipinski definition) is 2. The largest absolute Gasteiger partial charge is 0.322 e. The van der Waals surface area contributed by atoms with E-state index in [4.69, 9.17) is 0 Å². The third-order valence-electron chi connectivity index (χ3n) is 4.08. The van der Waals surface area contributed by atoms with Crippen molar-refractivity contribution in [1.82, 2.24) is 10.2 Å². The number of benzene rings is 2. The zero-order chi connectivity index (χ0) is 16.9. The average molecular weight is 331 g/mol. The van der Waals surface area contributed by atoms with Gasteiger partial charge < -0.3 is 10.6 Å². The number of carbonyl (C=O) groups excluding carboxylic acids is 1. The van der Waals surface area contributed by atoms with Gasteiger partial charge in [-0.2, -0.15) is 0 Å². The molecule has 0 aliphatic carbocycles. The van der Waals surface area contributed by atoms with E-state index in [0.717, 1.165) is 12.1 Å². The number of anilines is 1. The molecule has 1 aliphatic rings. The van der Waals surface area contributed by atoms with Gasteiger partial charge in [-0.25, -0.2) is 8.78 Å². The summed E-state index contributed by atoms with van der Waals surface area (Å²) >= 11 is 0. The van der Waals surface area contributed by atoms with Crippen molar-refractivity contribution in [3.8, 4) is 0 Å². The first kappa shape index (κ1) is 16.5. The second kappa shape index (κ2) is 7.51. The molecule has 1 fully saturated rings. The van der Waals surface area contributed by atoms with Gasteiger partial charge in [0.1, 0.15) is 11.6 Å². The fraction of sp³-hybridized carbons (Fsp3) is 0.278. The Morgan fingerprint density at radius 2 is 2.04 bits per heavy atom. The minimum absolute atomic E-state index is 0.0965. The minimum atomic E-state index is -0.465. The number of carbonyl (C=O) groups is 1. The van der Waals surface area contributed by atoms with E-state index in [0.29, 0.717) is 13.1 Å². The van der Waals surface area contributed by atoms with Gasteiger partial charge in [-0.1, -0.05) is 24.3 Å². The van der Waals surface area contributed by atoms with Crippen LogP contribution >= 0.6 is 0 Å². The normalized spacial score (nSPS) is 18.3. The second-order valence-electron chi connectivity index (χ2n) is 5.77. The van der Waals surface area contributed by atoms with Gasteiger partial charge in [-0.3, -0.25) is 9.69 Å². The summed E-state index contributed by atoms with van der Waals surface area (Å²) in [6.45, 7) is 2.16. The van der Waals surface area contributed by atoms with Crippen LogP contribution in [0.15, 0.2) is 48.5 Å². The van der Waals surface area contributed by atoms with Gasteiger partial charge in [0.25, 0.3) is 0 Å². The lowest BCUT2D eigenvalue weighted by Gasteiger charge is -2.36. The monoisotopic (exact) mass is 331 g/mol. The smallest absolute Gasteiger partial charge is 0.238 e. The Balaban J connectivity index is 1.70. The number of hydrogen-bond acceptors (Lipinski definition) is 3. The van der Waals surface area contributed by atoms with Gasteiger partial charge in [0.2, 0.25) is 5.91 Å². The summed E-state index contributed by atoms with van der Waals surface area (Å²) in [6.07, 6.45) is 0. The molecular weight excluding hydrogens is 312 g/mol. The van der Waals surface area contributed by atoms with Gasteiger partial charge in [0.05, 0.1) is 12.2 Å². The number of rotatable bonds is 4. The van der Waals surface area contributed by atoms with E-state index >= 15 is 0 Å². The predicted octanol–water partition coefficient (Wildman–Crippen LogP) is 2.55. The Morgan fingerprint density at radius 3 is 2.83 bits per heavy atom. The van der Waals surface area contributed by atoms with Crippen molar-refractivity contribution < 1.29 is 13.6 Å². The summed E-state index contributed by atoms with van der Waals surface area (Å²) in [5.74, 6) is -1.05.